The second kappa shape index (κ2) is 36.7. The summed E-state index contributed by atoms with van der Waals surface area (Å²) < 4.78 is 6.24. The number of hydrogen-bond donors (Lipinski definition) is 3. The minimum absolute atomic E-state index is 0.00771. The highest BCUT2D eigenvalue weighted by atomic mass is 16.5. The molecule has 26 heteroatoms. The molecule has 15 atom stereocenters. The van der Waals surface area contributed by atoms with E-state index in [9.17, 15) is 24.0 Å². The van der Waals surface area contributed by atoms with Crippen LogP contribution in [0.2, 0.25) is 0 Å². The van der Waals surface area contributed by atoms with Gasteiger partial charge in [-0.2, -0.15) is 0 Å². The van der Waals surface area contributed by atoms with Crippen LogP contribution < -0.4 is 16.0 Å². The number of fused-ring (bicyclic) bond motifs is 4. The normalized spacial score (nSPS) is 33.9. The molecule has 0 radical (unpaired) electrons. The second-order valence-corrected chi connectivity index (χ2v) is 34.6. The Bertz CT molecular complexity index is 3180. The molecule has 1 spiro atoms. The van der Waals surface area contributed by atoms with Gasteiger partial charge < -0.3 is 69.7 Å². The van der Waals surface area contributed by atoms with Crippen LogP contribution in [0, 0.1) is 46.8 Å². The van der Waals surface area contributed by atoms with Crippen molar-refractivity contribution in [3.05, 3.63) is 12.2 Å². The van der Waals surface area contributed by atoms with Gasteiger partial charge in [0.05, 0.1) is 25.6 Å². The van der Waals surface area contributed by atoms with Crippen molar-refractivity contribution in [3.63, 3.8) is 0 Å². The lowest BCUT2D eigenvalue weighted by atomic mass is 9.58. The lowest BCUT2D eigenvalue weighted by Gasteiger charge is -2.54. The van der Waals surface area contributed by atoms with Gasteiger partial charge in [-0.15, -0.1) is 0 Å². The number of ether oxygens (including phenoxy) is 1. The Morgan fingerprint density at radius 1 is 0.651 bits per heavy atom. The molecule has 0 aromatic rings. The number of carbonyl (C=O) groups is 12. The fourth-order valence-electron chi connectivity index (χ4n) is 19.4. The van der Waals surface area contributed by atoms with Crippen LogP contribution in [0.25, 0.3) is 0 Å². The summed E-state index contributed by atoms with van der Waals surface area (Å²) in [4.78, 5) is 198. The van der Waals surface area contributed by atoms with Crippen molar-refractivity contribution < 1.29 is 62.3 Å². The molecule has 0 aromatic heterocycles. The van der Waals surface area contributed by atoms with E-state index in [1.807, 2.05) is 46.8 Å². The van der Waals surface area contributed by atoms with E-state index in [0.29, 0.717) is 74.8 Å². The molecule has 8 rings (SSSR count). The van der Waals surface area contributed by atoms with Crippen LogP contribution in [0.1, 0.15) is 210 Å². The molecule has 3 saturated heterocycles. The van der Waals surface area contributed by atoms with E-state index in [4.69, 9.17) is 4.74 Å². The Balaban J connectivity index is 1.20. The number of hydrogen-bond acceptors (Lipinski definition) is 14. The molecule has 7 fully saturated rings. The average Bonchev–Trinajstić information content (AvgIpc) is 0.951. The predicted molar refractivity (Wildman–Crippen MR) is 404 cm³/mol. The highest BCUT2D eigenvalue weighted by Crippen LogP contribution is 2.50. The number of amides is 12. The molecule has 3 N–H and O–H groups in total. The third-order valence-electron chi connectivity index (χ3n) is 26.3. The maximum Gasteiger partial charge on any atom is 0.248 e. The molecule has 5 unspecified atom stereocenters. The van der Waals surface area contributed by atoms with Crippen molar-refractivity contribution in [1.29, 1.82) is 0 Å². The van der Waals surface area contributed by atoms with Gasteiger partial charge in [0.2, 0.25) is 70.9 Å². The first kappa shape index (κ1) is 84.9. The van der Waals surface area contributed by atoms with Crippen LogP contribution in [0.4, 0.5) is 0 Å². The molecule has 4 aliphatic heterocycles. The van der Waals surface area contributed by atoms with Gasteiger partial charge >= 0.3 is 0 Å². The summed E-state index contributed by atoms with van der Waals surface area (Å²) in [5.41, 5.74) is -2.01. The molecular weight excluding hydrogens is 1350 g/mol. The Labute approximate surface area is 632 Å². The smallest absolute Gasteiger partial charge is 0.248 e. The molecule has 8 aliphatic rings. The van der Waals surface area contributed by atoms with E-state index in [1.165, 1.54) is 88.5 Å². The summed E-state index contributed by atoms with van der Waals surface area (Å²) in [6, 6.07) is -8.57. The Morgan fingerprint density at radius 3 is 1.92 bits per heavy atom. The van der Waals surface area contributed by atoms with E-state index >= 15 is 33.6 Å². The lowest BCUT2D eigenvalue weighted by Crippen LogP contribution is -2.71. The zero-order valence-corrected chi connectivity index (χ0v) is 67.6. The quantitative estimate of drug-likeness (QED) is 0.187. The zero-order valence-electron chi connectivity index (χ0n) is 67.6. The number of likely N-dealkylation sites (N-methyl/N-ethyl adjacent to an activating group) is 7. The SMILES string of the molecule is CCC[C@H]1C(=O)N[C@@H]([C@@H](C)CC)C(=O)N(C)CC(=O)N(C)[C@H]2C/C=C\CCN(C2=O)[C@@H](CC2CCC(C)CC2)C(=O)N(C)CC(=O)N[C@@H](CCC2CCC3C(C)C(C)N(C)C3C2)C(=O)N2C[C@H](OCC)C[C@H]2C(=O)NC2(CC(C)(C)C2)C(=O)N(C)[C@@H](C2CCCC2)C(=O)N(C)[C@H](C(=O)N(C)C)CC(=O)N1C. The Morgan fingerprint density at radius 2 is 1.30 bits per heavy atom. The first-order chi connectivity index (χ1) is 50.0. The van der Waals surface area contributed by atoms with Crippen LogP contribution in [-0.4, -0.2) is 288 Å². The van der Waals surface area contributed by atoms with Crippen molar-refractivity contribution in [3.8, 4) is 0 Å². The summed E-state index contributed by atoms with van der Waals surface area (Å²) in [5.74, 6) is -5.79. The maximum atomic E-state index is 15.9. The molecule has 26 nitrogen and oxygen atoms in total. The molecule has 4 heterocycles. The van der Waals surface area contributed by atoms with Gasteiger partial charge in [0.25, 0.3) is 0 Å². The highest BCUT2D eigenvalue weighted by Gasteiger charge is 2.59. The Hall–Kier alpha value is -6.70. The van der Waals surface area contributed by atoms with Crippen molar-refractivity contribution in [2.24, 2.45) is 46.8 Å². The molecule has 2 bridgehead atoms. The van der Waals surface area contributed by atoms with Gasteiger partial charge in [0, 0.05) is 94.6 Å². The van der Waals surface area contributed by atoms with Crippen molar-refractivity contribution >= 4 is 70.9 Å². The van der Waals surface area contributed by atoms with E-state index < -0.39 is 162 Å². The van der Waals surface area contributed by atoms with E-state index in [1.54, 1.807) is 18.9 Å². The molecule has 106 heavy (non-hydrogen) atoms. The molecule has 12 amide bonds. The van der Waals surface area contributed by atoms with Gasteiger partial charge in [0.1, 0.15) is 53.9 Å². The van der Waals surface area contributed by atoms with E-state index in [-0.39, 0.29) is 76.0 Å². The summed E-state index contributed by atoms with van der Waals surface area (Å²) in [7, 11) is 14.2. The first-order valence-electron chi connectivity index (χ1n) is 40.3. The van der Waals surface area contributed by atoms with E-state index in [2.05, 4.69) is 48.7 Å². The van der Waals surface area contributed by atoms with Crippen LogP contribution in [0.3, 0.4) is 0 Å². The zero-order chi connectivity index (χ0) is 78.1. The average molecular weight is 1490 g/mol. The number of carbonyl (C=O) groups excluding carboxylic acids is 12. The fraction of sp³-hybridized carbons (Fsp3) is 0.825. The highest BCUT2D eigenvalue weighted by molar-refractivity contribution is 6.01. The predicted octanol–water partition coefficient (Wildman–Crippen LogP) is 5.69. The molecule has 4 aliphatic carbocycles. The number of likely N-dealkylation sites (tertiary alicyclic amines) is 1. The van der Waals surface area contributed by atoms with E-state index in [0.717, 1.165) is 57.8 Å². The van der Waals surface area contributed by atoms with Crippen LogP contribution in [0.15, 0.2) is 12.2 Å². The van der Waals surface area contributed by atoms with Gasteiger partial charge in [-0.1, -0.05) is 118 Å². The number of nitrogens with zero attached hydrogens (tertiary/aromatic N) is 10. The molecule has 596 valence electrons. The summed E-state index contributed by atoms with van der Waals surface area (Å²) in [6.45, 7) is 17.6. The summed E-state index contributed by atoms with van der Waals surface area (Å²) in [5, 5.41) is 9.23. The largest absolute Gasteiger partial charge is 0.377 e. The second-order valence-electron chi connectivity index (χ2n) is 34.6. The summed E-state index contributed by atoms with van der Waals surface area (Å²) in [6.07, 6.45) is 14.9. The van der Waals surface area contributed by atoms with Crippen LogP contribution in [-0.2, 0) is 62.3 Å². The van der Waals surface area contributed by atoms with Gasteiger partial charge in [0.15, 0.2) is 0 Å². The number of nitrogens with one attached hydrogen (secondary N) is 3. The summed E-state index contributed by atoms with van der Waals surface area (Å²) >= 11 is 0. The van der Waals surface area contributed by atoms with Gasteiger partial charge in [-0.25, -0.2) is 0 Å². The van der Waals surface area contributed by atoms with Crippen LogP contribution in [0.5, 0.6) is 0 Å². The standard InChI is InChI=1S/C80H133N13O13/c1-19-27-59-70(97)82-68(50(5)20-2)76(103)86(13)46-67(96)89(16)60-30-23-22-26-39-92(75(60)102)64(41-53-33-31-49(4)32-34-53)74(101)85(12)45-65(94)81-58(38-36-54-35-37-57-51(6)52(7)87(14)61(57)40-54)72(99)93-44-56(106-21-3)42-62(93)71(98)83-80(47-79(8,9)48-80)78(105)91(18)69(55-28-24-25-29-55)77(104)90(17)63(73(100)84(10)11)43-66(95)88(59)15/h22-23,49-64,68-69H,19-21,24-48H2,1-18H3,(H,81,94)(H,82,97)(H,83,98)/b23-22-/t49?,50-,51?,52?,53?,54?,56+,57?,58-,59-,60-,61?,62-,63-,64-,68-,69-/m0/s1. The lowest BCUT2D eigenvalue weighted by molar-refractivity contribution is -0.161. The van der Waals surface area contributed by atoms with Crippen molar-refractivity contribution in [1.82, 2.24) is 64.9 Å². The molecular formula is C80H133N13O13. The minimum Gasteiger partial charge on any atom is -0.377 e. The van der Waals surface area contributed by atoms with Gasteiger partial charge in [-0.3, -0.25) is 57.5 Å². The van der Waals surface area contributed by atoms with Crippen molar-refractivity contribution in [2.75, 3.05) is 96.2 Å². The minimum atomic E-state index is -1.55. The number of rotatable bonds is 13. The van der Waals surface area contributed by atoms with Crippen LogP contribution >= 0.6 is 0 Å². The topological polar surface area (TPSA) is 283 Å². The maximum absolute atomic E-state index is 15.9. The molecule has 4 saturated carbocycles. The molecule has 0 aromatic carbocycles. The fourth-order valence-corrected chi connectivity index (χ4v) is 19.4. The monoisotopic (exact) mass is 1480 g/mol. The third kappa shape index (κ3) is 19.5. The Kier molecular flexibility index (Phi) is 29.4. The third-order valence-corrected chi connectivity index (χ3v) is 26.3. The van der Waals surface area contributed by atoms with Crippen molar-refractivity contribution in [2.45, 2.75) is 282 Å². The first-order valence-corrected chi connectivity index (χ1v) is 40.3. The van der Waals surface area contributed by atoms with Gasteiger partial charge in [-0.05, 0) is 145 Å².